The topological polar surface area (TPSA) is 64.4 Å². The predicted molar refractivity (Wildman–Crippen MR) is 79.0 cm³/mol. The van der Waals surface area contributed by atoms with Gasteiger partial charge in [0, 0.05) is 24.3 Å². The smallest absolute Gasteiger partial charge is 0.339 e. The SMILES string of the molecule is COC(=O)c1ccc(CNC(C)c2cc(C)oc2C)nc1. The summed E-state index contributed by atoms with van der Waals surface area (Å²) in [7, 11) is 1.36. The fraction of sp³-hybridized carbons (Fsp3) is 0.375. The van der Waals surface area contributed by atoms with Crippen LogP contribution in [0.4, 0.5) is 0 Å². The van der Waals surface area contributed by atoms with Crippen LogP contribution in [0.1, 0.15) is 46.1 Å². The lowest BCUT2D eigenvalue weighted by molar-refractivity contribution is 0.0600. The summed E-state index contributed by atoms with van der Waals surface area (Å²) in [6.07, 6.45) is 1.53. The van der Waals surface area contributed by atoms with E-state index in [1.165, 1.54) is 13.3 Å². The molecule has 1 N–H and O–H groups in total. The maximum absolute atomic E-state index is 11.3. The van der Waals surface area contributed by atoms with Gasteiger partial charge in [-0.3, -0.25) is 4.98 Å². The Morgan fingerprint density at radius 3 is 2.71 bits per heavy atom. The average Bonchev–Trinajstić information content (AvgIpc) is 2.83. The average molecular weight is 288 g/mol. The highest BCUT2D eigenvalue weighted by Gasteiger charge is 2.12. The Morgan fingerprint density at radius 1 is 1.43 bits per heavy atom. The molecule has 0 aliphatic rings. The van der Waals surface area contributed by atoms with E-state index in [1.54, 1.807) is 6.07 Å². The Kier molecular flexibility index (Phi) is 4.75. The molecule has 2 heterocycles. The number of hydrogen-bond acceptors (Lipinski definition) is 5. The quantitative estimate of drug-likeness (QED) is 0.857. The maximum atomic E-state index is 11.3. The number of nitrogens with zero attached hydrogens (tertiary/aromatic N) is 1. The molecule has 5 heteroatoms. The van der Waals surface area contributed by atoms with Gasteiger partial charge in [0.1, 0.15) is 11.5 Å². The van der Waals surface area contributed by atoms with Gasteiger partial charge in [-0.1, -0.05) is 0 Å². The summed E-state index contributed by atoms with van der Waals surface area (Å²) in [6.45, 7) is 6.60. The number of aryl methyl sites for hydroxylation is 2. The molecule has 21 heavy (non-hydrogen) atoms. The van der Waals surface area contributed by atoms with E-state index in [0.717, 1.165) is 22.8 Å². The second-order valence-corrected chi connectivity index (χ2v) is 5.00. The molecule has 0 saturated carbocycles. The number of hydrogen-bond donors (Lipinski definition) is 1. The minimum absolute atomic E-state index is 0.171. The molecule has 0 radical (unpaired) electrons. The highest BCUT2D eigenvalue weighted by atomic mass is 16.5. The lowest BCUT2D eigenvalue weighted by Crippen LogP contribution is -2.19. The summed E-state index contributed by atoms with van der Waals surface area (Å²) in [5.74, 6) is 1.47. The molecular formula is C16H20N2O3. The summed E-state index contributed by atoms with van der Waals surface area (Å²) < 4.78 is 10.2. The van der Waals surface area contributed by atoms with E-state index in [2.05, 4.69) is 22.0 Å². The maximum Gasteiger partial charge on any atom is 0.339 e. The third-order valence-electron chi connectivity index (χ3n) is 3.38. The molecular weight excluding hydrogens is 268 g/mol. The highest BCUT2D eigenvalue weighted by molar-refractivity contribution is 5.88. The number of nitrogens with one attached hydrogen (secondary N) is 1. The number of furan rings is 1. The molecule has 0 aliphatic heterocycles. The molecule has 0 aliphatic carbocycles. The van der Waals surface area contributed by atoms with Gasteiger partial charge in [-0.25, -0.2) is 4.79 Å². The van der Waals surface area contributed by atoms with E-state index in [0.29, 0.717) is 12.1 Å². The normalized spacial score (nSPS) is 12.2. The van der Waals surface area contributed by atoms with E-state index >= 15 is 0 Å². The van der Waals surface area contributed by atoms with Crippen molar-refractivity contribution in [3.05, 3.63) is 52.7 Å². The van der Waals surface area contributed by atoms with E-state index in [-0.39, 0.29) is 12.0 Å². The lowest BCUT2D eigenvalue weighted by Gasteiger charge is -2.12. The number of aromatic nitrogens is 1. The standard InChI is InChI=1S/C16H20N2O3/c1-10-7-15(12(3)21-10)11(2)17-9-14-6-5-13(8-18-14)16(19)20-4/h5-8,11,17H,9H2,1-4H3. The molecule has 2 aromatic rings. The van der Waals surface area contributed by atoms with Crippen molar-refractivity contribution in [1.82, 2.24) is 10.3 Å². The summed E-state index contributed by atoms with van der Waals surface area (Å²) in [6, 6.07) is 5.75. The van der Waals surface area contributed by atoms with Crippen LogP contribution in [0.2, 0.25) is 0 Å². The highest BCUT2D eigenvalue weighted by Crippen LogP contribution is 2.21. The Bertz CT molecular complexity index is 617. The van der Waals surface area contributed by atoms with Gasteiger partial charge in [0.25, 0.3) is 0 Å². The molecule has 1 atom stereocenters. The fourth-order valence-electron chi connectivity index (χ4n) is 2.22. The molecule has 0 amide bonds. The monoisotopic (exact) mass is 288 g/mol. The number of ether oxygens (including phenoxy) is 1. The first kappa shape index (κ1) is 15.3. The minimum Gasteiger partial charge on any atom is -0.466 e. The molecule has 0 fully saturated rings. The van der Waals surface area contributed by atoms with Gasteiger partial charge in [0.15, 0.2) is 0 Å². The lowest BCUT2D eigenvalue weighted by atomic mass is 10.1. The molecule has 0 saturated heterocycles. The van der Waals surface area contributed by atoms with Crippen LogP contribution in [0, 0.1) is 13.8 Å². The number of methoxy groups -OCH3 is 1. The molecule has 2 aromatic heterocycles. The Labute approximate surface area is 124 Å². The fourth-order valence-corrected chi connectivity index (χ4v) is 2.22. The van der Waals surface area contributed by atoms with Gasteiger partial charge in [0.2, 0.25) is 0 Å². The first-order valence-corrected chi connectivity index (χ1v) is 6.85. The molecule has 0 bridgehead atoms. The van der Waals surface area contributed by atoms with Gasteiger partial charge >= 0.3 is 5.97 Å². The van der Waals surface area contributed by atoms with E-state index in [9.17, 15) is 4.79 Å². The van der Waals surface area contributed by atoms with Crippen LogP contribution in [0.3, 0.4) is 0 Å². The number of rotatable bonds is 5. The largest absolute Gasteiger partial charge is 0.466 e. The second-order valence-electron chi connectivity index (χ2n) is 5.00. The van der Waals surface area contributed by atoms with E-state index in [1.807, 2.05) is 26.0 Å². The van der Waals surface area contributed by atoms with Crippen LogP contribution in [0.25, 0.3) is 0 Å². The molecule has 0 aromatic carbocycles. The van der Waals surface area contributed by atoms with Gasteiger partial charge in [-0.2, -0.15) is 0 Å². The van der Waals surface area contributed by atoms with Gasteiger partial charge in [0.05, 0.1) is 18.4 Å². The van der Waals surface area contributed by atoms with Gasteiger partial charge in [-0.15, -0.1) is 0 Å². The van der Waals surface area contributed by atoms with Crippen LogP contribution in [0.15, 0.2) is 28.8 Å². The zero-order chi connectivity index (χ0) is 15.4. The van der Waals surface area contributed by atoms with Crippen molar-refractivity contribution in [2.75, 3.05) is 7.11 Å². The Morgan fingerprint density at radius 2 is 2.19 bits per heavy atom. The van der Waals surface area contributed by atoms with Crippen molar-refractivity contribution in [2.24, 2.45) is 0 Å². The molecule has 1 unspecified atom stereocenters. The summed E-state index contributed by atoms with van der Waals surface area (Å²) in [4.78, 5) is 15.6. The Balaban J connectivity index is 1.96. The molecule has 112 valence electrons. The zero-order valence-corrected chi connectivity index (χ0v) is 12.8. The second kappa shape index (κ2) is 6.54. The predicted octanol–water partition coefficient (Wildman–Crippen LogP) is 2.93. The van der Waals surface area contributed by atoms with Gasteiger partial charge < -0.3 is 14.5 Å². The molecule has 5 nitrogen and oxygen atoms in total. The summed E-state index contributed by atoms with van der Waals surface area (Å²) in [5, 5.41) is 3.39. The number of esters is 1. The Hall–Kier alpha value is -2.14. The third kappa shape index (κ3) is 3.70. The summed E-state index contributed by atoms with van der Waals surface area (Å²) in [5.41, 5.74) is 2.47. The zero-order valence-electron chi connectivity index (χ0n) is 12.8. The van der Waals surface area contributed by atoms with Crippen molar-refractivity contribution in [3.63, 3.8) is 0 Å². The van der Waals surface area contributed by atoms with Crippen molar-refractivity contribution in [2.45, 2.75) is 33.4 Å². The van der Waals surface area contributed by atoms with E-state index < -0.39 is 0 Å². The van der Waals surface area contributed by atoms with Crippen LogP contribution in [-0.2, 0) is 11.3 Å². The van der Waals surface area contributed by atoms with Crippen molar-refractivity contribution < 1.29 is 13.9 Å². The first-order chi connectivity index (χ1) is 10.0. The van der Waals surface area contributed by atoms with Crippen LogP contribution in [-0.4, -0.2) is 18.1 Å². The minimum atomic E-state index is -0.375. The van der Waals surface area contributed by atoms with Gasteiger partial charge in [-0.05, 0) is 39.0 Å². The first-order valence-electron chi connectivity index (χ1n) is 6.85. The van der Waals surface area contributed by atoms with Crippen molar-refractivity contribution in [1.29, 1.82) is 0 Å². The third-order valence-corrected chi connectivity index (χ3v) is 3.38. The van der Waals surface area contributed by atoms with Crippen LogP contribution in [0.5, 0.6) is 0 Å². The van der Waals surface area contributed by atoms with E-state index in [4.69, 9.17) is 4.42 Å². The number of carbonyl (C=O) groups excluding carboxylic acids is 1. The molecule has 2 rings (SSSR count). The molecule has 0 spiro atoms. The summed E-state index contributed by atoms with van der Waals surface area (Å²) >= 11 is 0. The number of carbonyl (C=O) groups is 1. The number of pyridine rings is 1. The van der Waals surface area contributed by atoms with Crippen LogP contribution >= 0.6 is 0 Å². The van der Waals surface area contributed by atoms with Crippen molar-refractivity contribution >= 4 is 5.97 Å². The van der Waals surface area contributed by atoms with Crippen LogP contribution < -0.4 is 5.32 Å². The van der Waals surface area contributed by atoms with Crippen molar-refractivity contribution in [3.8, 4) is 0 Å².